The second-order valence-corrected chi connectivity index (χ2v) is 7.64. The van der Waals surface area contributed by atoms with Gasteiger partial charge in [-0.15, -0.1) is 0 Å². The van der Waals surface area contributed by atoms with Gasteiger partial charge in [0, 0.05) is 24.6 Å². The normalized spacial score (nSPS) is 22.7. The first-order valence-corrected chi connectivity index (χ1v) is 9.11. The van der Waals surface area contributed by atoms with Crippen LogP contribution in [0.4, 0.5) is 0 Å². The van der Waals surface area contributed by atoms with Crippen molar-refractivity contribution in [3.8, 4) is 0 Å². The Labute approximate surface area is 136 Å². The number of carboxylic acid groups (broad SMARTS) is 1. The summed E-state index contributed by atoms with van der Waals surface area (Å²) in [4.78, 5) is 23.1. The fourth-order valence-corrected chi connectivity index (χ4v) is 4.70. The largest absolute Gasteiger partial charge is 0.481 e. The number of piperidine rings is 1. The van der Waals surface area contributed by atoms with Gasteiger partial charge in [0.1, 0.15) is 0 Å². The monoisotopic (exact) mass is 339 g/mol. The number of ketones is 1. The number of hydrogen-bond donors (Lipinski definition) is 1. The van der Waals surface area contributed by atoms with E-state index >= 15 is 0 Å². The van der Waals surface area contributed by atoms with Gasteiger partial charge in [-0.05, 0) is 31.9 Å². The van der Waals surface area contributed by atoms with Crippen molar-refractivity contribution in [2.45, 2.75) is 44.0 Å². The van der Waals surface area contributed by atoms with Gasteiger partial charge in [0.05, 0.1) is 10.8 Å². The zero-order valence-electron chi connectivity index (χ0n) is 13.2. The SMILES string of the molecule is CCC(=O)c1cccc(S(=O)(=O)N2CCC[C@H](C(=O)O)[C@@H]2C)c1. The summed E-state index contributed by atoms with van der Waals surface area (Å²) < 4.78 is 26.9. The molecule has 0 aromatic heterocycles. The van der Waals surface area contributed by atoms with Gasteiger partial charge in [0.15, 0.2) is 5.78 Å². The molecule has 1 aromatic rings. The van der Waals surface area contributed by atoms with E-state index in [-0.39, 0.29) is 10.7 Å². The maximum absolute atomic E-state index is 12.9. The molecule has 1 aromatic carbocycles. The molecule has 0 saturated carbocycles. The predicted octanol–water partition coefficient (Wildman–Crippen LogP) is 2.15. The molecule has 0 bridgehead atoms. The average Bonchev–Trinajstić information content (AvgIpc) is 2.53. The fourth-order valence-electron chi connectivity index (χ4n) is 2.95. The first-order valence-electron chi connectivity index (χ1n) is 7.67. The molecule has 0 radical (unpaired) electrons. The molecule has 1 aliphatic rings. The van der Waals surface area contributed by atoms with Crippen LogP contribution in [0.5, 0.6) is 0 Å². The summed E-state index contributed by atoms with van der Waals surface area (Å²) in [6.07, 6.45) is 1.27. The highest BCUT2D eigenvalue weighted by Crippen LogP contribution is 2.29. The number of aliphatic carboxylic acids is 1. The van der Waals surface area contributed by atoms with E-state index in [1.807, 2.05) is 0 Å². The van der Waals surface area contributed by atoms with E-state index in [0.29, 0.717) is 31.4 Å². The number of carbonyl (C=O) groups excluding carboxylic acids is 1. The minimum absolute atomic E-state index is 0.0367. The summed E-state index contributed by atoms with van der Waals surface area (Å²) in [5, 5.41) is 9.25. The average molecular weight is 339 g/mol. The van der Waals surface area contributed by atoms with Crippen LogP contribution in [0.2, 0.25) is 0 Å². The van der Waals surface area contributed by atoms with Gasteiger partial charge in [-0.1, -0.05) is 19.1 Å². The van der Waals surface area contributed by atoms with E-state index in [1.54, 1.807) is 26.0 Å². The van der Waals surface area contributed by atoms with E-state index in [1.165, 1.54) is 16.4 Å². The molecule has 1 N–H and O–H groups in total. The Morgan fingerprint density at radius 1 is 1.35 bits per heavy atom. The molecule has 1 fully saturated rings. The predicted molar refractivity (Wildman–Crippen MR) is 84.8 cm³/mol. The Kier molecular flexibility index (Phi) is 5.21. The molecule has 23 heavy (non-hydrogen) atoms. The quantitative estimate of drug-likeness (QED) is 0.830. The number of rotatable bonds is 5. The summed E-state index contributed by atoms with van der Waals surface area (Å²) in [6, 6.07) is 5.33. The number of carboxylic acids is 1. The maximum atomic E-state index is 12.9. The molecule has 2 rings (SSSR count). The van der Waals surface area contributed by atoms with E-state index in [4.69, 9.17) is 0 Å². The summed E-state index contributed by atoms with van der Waals surface area (Å²) in [5.74, 6) is -1.82. The first-order chi connectivity index (χ1) is 10.8. The third kappa shape index (κ3) is 3.45. The maximum Gasteiger partial charge on any atom is 0.308 e. The second-order valence-electron chi connectivity index (χ2n) is 5.75. The Morgan fingerprint density at radius 3 is 2.65 bits per heavy atom. The Bertz CT molecular complexity index is 713. The molecule has 0 aliphatic carbocycles. The highest BCUT2D eigenvalue weighted by molar-refractivity contribution is 7.89. The van der Waals surface area contributed by atoms with Crippen molar-refractivity contribution < 1.29 is 23.1 Å². The van der Waals surface area contributed by atoms with Crippen LogP contribution in [-0.4, -0.2) is 42.2 Å². The molecule has 2 atom stereocenters. The van der Waals surface area contributed by atoms with Crippen LogP contribution in [0, 0.1) is 5.92 Å². The molecule has 1 aliphatic heterocycles. The molecule has 1 saturated heterocycles. The highest BCUT2D eigenvalue weighted by atomic mass is 32.2. The van der Waals surface area contributed by atoms with Gasteiger partial charge in [-0.25, -0.2) is 8.42 Å². The number of nitrogens with zero attached hydrogens (tertiary/aromatic N) is 1. The summed E-state index contributed by atoms with van der Waals surface area (Å²) in [7, 11) is -3.82. The van der Waals surface area contributed by atoms with Crippen LogP contribution in [-0.2, 0) is 14.8 Å². The minimum Gasteiger partial charge on any atom is -0.481 e. The summed E-state index contributed by atoms with van der Waals surface area (Å²) in [6.45, 7) is 3.63. The summed E-state index contributed by atoms with van der Waals surface area (Å²) in [5.41, 5.74) is 0.355. The zero-order chi connectivity index (χ0) is 17.2. The molecule has 0 spiro atoms. The number of hydrogen-bond acceptors (Lipinski definition) is 4. The molecule has 7 heteroatoms. The van der Waals surface area contributed by atoms with Crippen molar-refractivity contribution in [2.75, 3.05) is 6.54 Å². The van der Waals surface area contributed by atoms with Gasteiger partial charge in [-0.3, -0.25) is 9.59 Å². The van der Waals surface area contributed by atoms with Crippen molar-refractivity contribution in [1.82, 2.24) is 4.31 Å². The fraction of sp³-hybridized carbons (Fsp3) is 0.500. The van der Waals surface area contributed by atoms with Crippen molar-refractivity contribution in [3.05, 3.63) is 29.8 Å². The third-order valence-corrected chi connectivity index (χ3v) is 6.31. The zero-order valence-corrected chi connectivity index (χ0v) is 14.0. The molecule has 6 nitrogen and oxygen atoms in total. The lowest BCUT2D eigenvalue weighted by atomic mass is 9.92. The molecular formula is C16H21NO5S. The van der Waals surface area contributed by atoms with Gasteiger partial charge in [0.2, 0.25) is 10.0 Å². The van der Waals surface area contributed by atoms with E-state index < -0.39 is 28.0 Å². The molecule has 0 unspecified atom stereocenters. The Morgan fingerprint density at radius 2 is 2.04 bits per heavy atom. The van der Waals surface area contributed by atoms with Crippen LogP contribution >= 0.6 is 0 Å². The van der Waals surface area contributed by atoms with Crippen LogP contribution in [0.25, 0.3) is 0 Å². The van der Waals surface area contributed by atoms with Crippen LogP contribution < -0.4 is 0 Å². The number of carbonyl (C=O) groups is 2. The van der Waals surface area contributed by atoms with Crippen molar-refractivity contribution in [1.29, 1.82) is 0 Å². The van der Waals surface area contributed by atoms with Gasteiger partial charge in [-0.2, -0.15) is 4.31 Å². The molecular weight excluding hydrogens is 318 g/mol. The Balaban J connectivity index is 2.38. The molecule has 1 heterocycles. The highest BCUT2D eigenvalue weighted by Gasteiger charge is 2.39. The van der Waals surface area contributed by atoms with Crippen molar-refractivity contribution >= 4 is 21.8 Å². The second kappa shape index (κ2) is 6.80. The van der Waals surface area contributed by atoms with E-state index in [2.05, 4.69) is 0 Å². The lowest BCUT2D eigenvalue weighted by Gasteiger charge is -2.36. The Hall–Kier alpha value is -1.73. The van der Waals surface area contributed by atoms with Crippen molar-refractivity contribution in [2.24, 2.45) is 5.92 Å². The van der Waals surface area contributed by atoms with E-state index in [0.717, 1.165) is 0 Å². The lowest BCUT2D eigenvalue weighted by molar-refractivity contribution is -0.144. The lowest BCUT2D eigenvalue weighted by Crippen LogP contribution is -2.49. The number of Topliss-reactive ketones (excluding diaryl/α,β-unsaturated/α-hetero) is 1. The number of benzene rings is 1. The van der Waals surface area contributed by atoms with Crippen molar-refractivity contribution in [3.63, 3.8) is 0 Å². The van der Waals surface area contributed by atoms with E-state index in [9.17, 15) is 23.1 Å². The topological polar surface area (TPSA) is 91.8 Å². The molecule has 0 amide bonds. The minimum atomic E-state index is -3.82. The number of sulfonamides is 1. The third-order valence-electron chi connectivity index (χ3n) is 4.33. The standard InChI is InChI=1S/C16H21NO5S/c1-3-15(18)12-6-4-7-13(10-12)23(21,22)17-9-5-8-14(11(17)2)16(19)20/h4,6-7,10-11,14H,3,5,8-9H2,1-2H3,(H,19,20)/t11-,14-/m0/s1. The first kappa shape index (κ1) is 17.6. The van der Waals surface area contributed by atoms with Gasteiger partial charge >= 0.3 is 5.97 Å². The molecule has 126 valence electrons. The van der Waals surface area contributed by atoms with Crippen LogP contribution in [0.15, 0.2) is 29.2 Å². The van der Waals surface area contributed by atoms with Crippen LogP contribution in [0.3, 0.4) is 0 Å². The van der Waals surface area contributed by atoms with Gasteiger partial charge < -0.3 is 5.11 Å². The smallest absolute Gasteiger partial charge is 0.308 e. The summed E-state index contributed by atoms with van der Waals surface area (Å²) >= 11 is 0. The van der Waals surface area contributed by atoms with Gasteiger partial charge in [0.25, 0.3) is 0 Å². The van der Waals surface area contributed by atoms with Crippen LogP contribution in [0.1, 0.15) is 43.5 Å².